The van der Waals surface area contributed by atoms with Gasteiger partial charge in [0.2, 0.25) is 5.91 Å². The van der Waals surface area contributed by atoms with Crippen LogP contribution in [0.1, 0.15) is 35.1 Å². The van der Waals surface area contributed by atoms with Crippen LogP contribution in [-0.4, -0.2) is 39.7 Å². The molecule has 2 amide bonds. The lowest BCUT2D eigenvalue weighted by atomic mass is 10.2. The highest BCUT2D eigenvalue weighted by Gasteiger charge is 2.08. The Balaban J connectivity index is 1.90. The van der Waals surface area contributed by atoms with Crippen molar-refractivity contribution in [1.29, 1.82) is 0 Å². The molecule has 0 aliphatic carbocycles. The maximum atomic E-state index is 12.0. The van der Waals surface area contributed by atoms with Crippen LogP contribution in [0.4, 0.5) is 0 Å². The summed E-state index contributed by atoms with van der Waals surface area (Å²) in [5.41, 5.74) is 2.41. The highest BCUT2D eigenvalue weighted by molar-refractivity contribution is 5.93. The summed E-state index contributed by atoms with van der Waals surface area (Å²) in [4.78, 5) is 27.0. The van der Waals surface area contributed by atoms with Crippen molar-refractivity contribution in [3.8, 4) is 5.82 Å². The number of pyridine rings is 1. The second kappa shape index (κ2) is 7.53. The highest BCUT2D eigenvalue weighted by Crippen LogP contribution is 2.10. The molecule has 0 aromatic carbocycles. The fourth-order valence-electron chi connectivity index (χ4n) is 2.16. The highest BCUT2D eigenvalue weighted by atomic mass is 16.2. The summed E-state index contributed by atoms with van der Waals surface area (Å²) in [6.45, 7) is 6.39. The monoisotopic (exact) mass is 315 g/mol. The number of carbonyl (C=O) groups is 2. The van der Waals surface area contributed by atoms with Crippen LogP contribution < -0.4 is 10.6 Å². The number of amides is 2. The van der Waals surface area contributed by atoms with Crippen LogP contribution in [0.5, 0.6) is 0 Å². The molecule has 2 heterocycles. The number of nitrogens with zero attached hydrogens (tertiary/aromatic N) is 3. The Hall–Kier alpha value is -2.70. The van der Waals surface area contributed by atoms with Crippen LogP contribution in [0.15, 0.2) is 24.4 Å². The lowest BCUT2D eigenvalue weighted by Crippen LogP contribution is -2.28. The van der Waals surface area contributed by atoms with Crippen LogP contribution in [0.3, 0.4) is 0 Å². The first kappa shape index (κ1) is 16.7. The summed E-state index contributed by atoms with van der Waals surface area (Å²) in [5, 5.41) is 9.83. The number of carbonyl (C=O) groups excluding carboxylic acids is 2. The third-order valence-electron chi connectivity index (χ3n) is 3.25. The SMILES string of the molecule is CC(=O)NCCCNC(=O)c1ccc(-n2nc(C)cc2C)nc1. The van der Waals surface area contributed by atoms with Crippen molar-refractivity contribution in [2.45, 2.75) is 27.2 Å². The summed E-state index contributed by atoms with van der Waals surface area (Å²) in [6, 6.07) is 5.46. The summed E-state index contributed by atoms with van der Waals surface area (Å²) >= 11 is 0. The minimum atomic E-state index is -0.180. The lowest BCUT2D eigenvalue weighted by Gasteiger charge is -2.07. The molecule has 7 nitrogen and oxygen atoms in total. The standard InChI is InChI=1S/C16H21N5O2/c1-11-9-12(2)21(20-11)15-6-5-14(10-19-15)16(23)18-8-4-7-17-13(3)22/h5-6,9-10H,4,7-8H2,1-3H3,(H,17,22)(H,18,23). The summed E-state index contributed by atoms with van der Waals surface area (Å²) in [5.74, 6) is 0.429. The minimum Gasteiger partial charge on any atom is -0.356 e. The zero-order chi connectivity index (χ0) is 16.8. The molecule has 122 valence electrons. The number of hydrogen-bond acceptors (Lipinski definition) is 4. The zero-order valence-electron chi connectivity index (χ0n) is 13.6. The number of aryl methyl sites for hydroxylation is 2. The van der Waals surface area contributed by atoms with Gasteiger partial charge < -0.3 is 10.6 Å². The molecule has 0 unspecified atom stereocenters. The smallest absolute Gasteiger partial charge is 0.252 e. The van der Waals surface area contributed by atoms with Gasteiger partial charge >= 0.3 is 0 Å². The van der Waals surface area contributed by atoms with E-state index in [0.717, 1.165) is 11.4 Å². The molecule has 0 saturated heterocycles. The van der Waals surface area contributed by atoms with Crippen molar-refractivity contribution < 1.29 is 9.59 Å². The van der Waals surface area contributed by atoms with Gasteiger partial charge in [0.1, 0.15) is 0 Å². The van der Waals surface area contributed by atoms with Gasteiger partial charge in [-0.3, -0.25) is 9.59 Å². The Morgan fingerprint density at radius 2 is 1.91 bits per heavy atom. The quantitative estimate of drug-likeness (QED) is 0.782. The first-order valence-corrected chi connectivity index (χ1v) is 7.49. The largest absolute Gasteiger partial charge is 0.356 e. The topological polar surface area (TPSA) is 88.9 Å². The van der Waals surface area contributed by atoms with Crippen LogP contribution in [-0.2, 0) is 4.79 Å². The molecule has 2 N–H and O–H groups in total. The predicted octanol–water partition coefficient (Wildman–Crippen LogP) is 1.14. The average Bonchev–Trinajstić information content (AvgIpc) is 2.85. The second-order valence-electron chi connectivity index (χ2n) is 5.34. The van der Waals surface area contributed by atoms with Gasteiger partial charge in [-0.1, -0.05) is 0 Å². The molecule has 23 heavy (non-hydrogen) atoms. The van der Waals surface area contributed by atoms with Crippen LogP contribution in [0.25, 0.3) is 5.82 Å². The molecule has 0 atom stereocenters. The van der Waals surface area contributed by atoms with E-state index in [2.05, 4.69) is 20.7 Å². The van der Waals surface area contributed by atoms with Gasteiger partial charge in [0, 0.05) is 31.9 Å². The Bertz CT molecular complexity index is 691. The van der Waals surface area contributed by atoms with E-state index in [0.29, 0.717) is 30.9 Å². The number of nitrogens with one attached hydrogen (secondary N) is 2. The van der Waals surface area contributed by atoms with Gasteiger partial charge in [-0.05, 0) is 38.5 Å². The van der Waals surface area contributed by atoms with E-state index >= 15 is 0 Å². The molecule has 0 saturated carbocycles. The van der Waals surface area contributed by atoms with Crippen molar-refractivity contribution in [3.63, 3.8) is 0 Å². The van der Waals surface area contributed by atoms with Gasteiger partial charge in [-0.15, -0.1) is 0 Å². The maximum absolute atomic E-state index is 12.0. The third-order valence-corrected chi connectivity index (χ3v) is 3.25. The molecule has 2 rings (SSSR count). The van der Waals surface area contributed by atoms with E-state index in [4.69, 9.17) is 0 Å². The molecule has 0 bridgehead atoms. The van der Waals surface area contributed by atoms with E-state index in [9.17, 15) is 9.59 Å². The Morgan fingerprint density at radius 1 is 1.17 bits per heavy atom. The van der Waals surface area contributed by atoms with Crippen molar-refractivity contribution in [1.82, 2.24) is 25.4 Å². The molecule has 0 spiro atoms. The van der Waals surface area contributed by atoms with Gasteiger partial charge in [0.05, 0.1) is 11.3 Å². The molecule has 0 aliphatic rings. The molecule has 0 fully saturated rings. The molecule has 2 aromatic rings. The van der Waals surface area contributed by atoms with Crippen molar-refractivity contribution in [3.05, 3.63) is 41.3 Å². The second-order valence-corrected chi connectivity index (χ2v) is 5.34. The summed E-state index contributed by atoms with van der Waals surface area (Å²) < 4.78 is 1.74. The van der Waals surface area contributed by atoms with Crippen molar-refractivity contribution in [2.24, 2.45) is 0 Å². The van der Waals surface area contributed by atoms with Crippen molar-refractivity contribution in [2.75, 3.05) is 13.1 Å². The lowest BCUT2D eigenvalue weighted by molar-refractivity contribution is -0.118. The van der Waals surface area contributed by atoms with E-state index in [1.54, 1.807) is 16.8 Å². The molecular weight excluding hydrogens is 294 g/mol. The number of rotatable bonds is 6. The molecule has 0 aliphatic heterocycles. The predicted molar refractivity (Wildman–Crippen MR) is 86.5 cm³/mol. The summed E-state index contributed by atoms with van der Waals surface area (Å²) in [6.07, 6.45) is 2.22. The normalized spacial score (nSPS) is 10.4. The fourth-order valence-corrected chi connectivity index (χ4v) is 2.16. The van der Waals surface area contributed by atoms with Crippen LogP contribution in [0, 0.1) is 13.8 Å². The fraction of sp³-hybridized carbons (Fsp3) is 0.375. The molecule has 2 aromatic heterocycles. The maximum Gasteiger partial charge on any atom is 0.252 e. The Morgan fingerprint density at radius 3 is 2.48 bits per heavy atom. The molecule has 0 radical (unpaired) electrons. The molecular formula is C16H21N5O2. The molecule has 7 heteroatoms. The van der Waals surface area contributed by atoms with E-state index in [1.165, 1.54) is 13.1 Å². The first-order valence-electron chi connectivity index (χ1n) is 7.49. The van der Waals surface area contributed by atoms with Gasteiger partial charge in [0.25, 0.3) is 5.91 Å². The Kier molecular flexibility index (Phi) is 5.46. The minimum absolute atomic E-state index is 0.0692. The van der Waals surface area contributed by atoms with E-state index in [1.807, 2.05) is 19.9 Å². The number of hydrogen-bond donors (Lipinski definition) is 2. The van der Waals surface area contributed by atoms with Gasteiger partial charge in [0.15, 0.2) is 5.82 Å². The zero-order valence-corrected chi connectivity index (χ0v) is 13.6. The third kappa shape index (κ3) is 4.64. The number of aromatic nitrogens is 3. The van der Waals surface area contributed by atoms with E-state index < -0.39 is 0 Å². The van der Waals surface area contributed by atoms with E-state index in [-0.39, 0.29) is 11.8 Å². The van der Waals surface area contributed by atoms with Crippen LogP contribution in [0.2, 0.25) is 0 Å². The average molecular weight is 315 g/mol. The van der Waals surface area contributed by atoms with Gasteiger partial charge in [-0.25, -0.2) is 9.67 Å². The van der Waals surface area contributed by atoms with Crippen molar-refractivity contribution >= 4 is 11.8 Å². The van der Waals surface area contributed by atoms with Gasteiger partial charge in [-0.2, -0.15) is 5.10 Å². The first-order chi connectivity index (χ1) is 11.0. The summed E-state index contributed by atoms with van der Waals surface area (Å²) in [7, 11) is 0. The van der Waals surface area contributed by atoms with Crippen LogP contribution >= 0.6 is 0 Å². The Labute approximate surface area is 135 Å².